The summed E-state index contributed by atoms with van der Waals surface area (Å²) in [6.45, 7) is 0.539. The molecule has 7 rings (SSSR count). The second-order valence-electron chi connectivity index (χ2n) is 20.4. The number of nitrogens with two attached hydrogens (primary N) is 1. The number of nitrogens with zero attached hydrogens (tertiary/aromatic N) is 6. The first-order chi connectivity index (χ1) is 36.5. The van der Waals surface area contributed by atoms with Crippen molar-refractivity contribution in [2.75, 3.05) is 48.5 Å². The Kier molecular flexibility index (Phi) is 20.5. The first-order valence-corrected chi connectivity index (χ1v) is 26.9. The van der Waals surface area contributed by atoms with Gasteiger partial charge in [0.25, 0.3) is 0 Å². The van der Waals surface area contributed by atoms with Gasteiger partial charge in [0.1, 0.15) is 29.4 Å². The third-order valence-electron chi connectivity index (χ3n) is 14.6. The summed E-state index contributed by atoms with van der Waals surface area (Å²) in [5.74, 6) is -1.21. The van der Waals surface area contributed by atoms with Crippen LogP contribution in [0.4, 0.5) is 0 Å². The number of methoxy groups -OCH3 is 1. The van der Waals surface area contributed by atoms with Crippen LogP contribution in [0.25, 0.3) is 11.3 Å². The van der Waals surface area contributed by atoms with Gasteiger partial charge >= 0.3 is 0 Å². The molecule has 1 aliphatic carbocycles. The van der Waals surface area contributed by atoms with E-state index in [9.17, 15) is 9.59 Å². The van der Waals surface area contributed by atoms with Crippen LogP contribution in [0.5, 0.6) is 11.5 Å². The molecule has 2 fully saturated rings. The van der Waals surface area contributed by atoms with Gasteiger partial charge in [-0.2, -0.15) is 0 Å². The van der Waals surface area contributed by atoms with E-state index in [1.165, 1.54) is 16.9 Å². The number of carbonyl (C=O) groups is 5. The molecule has 2 aliphatic rings. The highest BCUT2D eigenvalue weighted by Crippen LogP contribution is 2.34. The number of carbonyl (C=O) groups excluding carboxylic acids is 5. The molecule has 0 radical (unpaired) electrons. The maximum absolute atomic E-state index is 15.6. The quantitative estimate of drug-likeness (QED) is 0.0899. The number of benzene rings is 4. The number of likely N-dealkylation sites (N-methyl/N-ethyl adjacent to an activating group) is 2. The summed E-state index contributed by atoms with van der Waals surface area (Å²) in [6, 6.07) is 25.6. The molecule has 406 valence electrons. The van der Waals surface area contributed by atoms with Crippen LogP contribution in [0.15, 0.2) is 103 Å². The van der Waals surface area contributed by atoms with Crippen molar-refractivity contribution in [2.24, 2.45) is 18.7 Å². The predicted molar refractivity (Wildman–Crippen MR) is 296 cm³/mol. The van der Waals surface area contributed by atoms with Crippen molar-refractivity contribution in [3.05, 3.63) is 136 Å². The molecule has 0 spiro atoms. The van der Waals surface area contributed by atoms with E-state index in [2.05, 4.69) is 25.1 Å². The number of imidazole rings is 1. The van der Waals surface area contributed by atoms with Gasteiger partial charge in [0, 0.05) is 74.4 Å². The van der Waals surface area contributed by atoms with E-state index in [4.69, 9.17) is 38.4 Å². The first-order valence-electron chi connectivity index (χ1n) is 26.1. The Morgan fingerprint density at radius 2 is 1.49 bits per heavy atom. The summed E-state index contributed by atoms with van der Waals surface area (Å²) in [4.78, 5) is 86.4. The predicted octanol–water partition coefficient (Wildman–Crippen LogP) is 7.42. The molecule has 2 heterocycles. The Morgan fingerprint density at radius 1 is 0.789 bits per heavy atom. The monoisotopic (exact) mass is 1080 g/mol. The number of fused-ring (bicyclic) bond motifs is 1. The molecule has 5 amide bonds. The maximum atomic E-state index is 15.6. The normalized spacial score (nSPS) is 21.5. The number of amides is 5. The van der Waals surface area contributed by atoms with Gasteiger partial charge < -0.3 is 50.0 Å². The topological polar surface area (TPSA) is 185 Å². The van der Waals surface area contributed by atoms with Gasteiger partial charge in [0.2, 0.25) is 29.5 Å². The number of halogens is 2. The average Bonchev–Trinajstić information content (AvgIpc) is 3.76. The van der Waals surface area contributed by atoms with E-state index in [0.29, 0.717) is 59.3 Å². The van der Waals surface area contributed by atoms with Gasteiger partial charge in [-0.25, -0.2) is 4.98 Å². The van der Waals surface area contributed by atoms with E-state index >= 15 is 14.4 Å². The zero-order valence-electron chi connectivity index (χ0n) is 44.6. The van der Waals surface area contributed by atoms with Crippen molar-refractivity contribution in [3.63, 3.8) is 0 Å². The van der Waals surface area contributed by atoms with Crippen LogP contribution < -0.4 is 21.1 Å². The van der Waals surface area contributed by atoms with Gasteiger partial charge in [0.05, 0.1) is 43.5 Å². The molecule has 5 aromatic rings. The Hall–Kier alpha value is -6.30. The fourth-order valence-corrected chi connectivity index (χ4v) is 10.7. The number of nitrogens with one attached hydrogen (secondary N) is 2. The molecule has 18 heteroatoms. The Labute approximate surface area is 457 Å². The molecule has 1 saturated carbocycles. The summed E-state index contributed by atoms with van der Waals surface area (Å²) < 4.78 is 14.2. The van der Waals surface area contributed by atoms with Crippen LogP contribution >= 0.6 is 23.2 Å². The summed E-state index contributed by atoms with van der Waals surface area (Å²) in [7, 11) is 10.8. The van der Waals surface area contributed by atoms with E-state index in [1.54, 1.807) is 49.3 Å². The van der Waals surface area contributed by atoms with Crippen molar-refractivity contribution in [1.82, 2.24) is 39.8 Å². The lowest BCUT2D eigenvalue weighted by molar-refractivity contribution is -0.148. The highest BCUT2D eigenvalue weighted by atomic mass is 35.5. The number of rotatable bonds is 16. The minimum absolute atomic E-state index is 0.0602. The average molecular weight is 1080 g/mol. The zero-order chi connectivity index (χ0) is 54.5. The van der Waals surface area contributed by atoms with Gasteiger partial charge in [-0.15, -0.1) is 0 Å². The number of ether oxygens (including phenoxy) is 2. The summed E-state index contributed by atoms with van der Waals surface area (Å²) in [6.07, 6.45) is 5.49. The Bertz CT molecular complexity index is 2760. The molecule has 4 aromatic carbocycles. The highest BCUT2D eigenvalue weighted by molar-refractivity contribution is 6.31. The van der Waals surface area contributed by atoms with E-state index in [-0.39, 0.29) is 69.3 Å². The van der Waals surface area contributed by atoms with Gasteiger partial charge in [-0.05, 0) is 119 Å². The fourth-order valence-electron chi connectivity index (χ4n) is 10.4. The van der Waals surface area contributed by atoms with E-state index < -0.39 is 41.8 Å². The third kappa shape index (κ3) is 15.0. The first kappa shape index (κ1) is 57.4. The molecular formula is C58H73Cl2N9O7. The van der Waals surface area contributed by atoms with Gasteiger partial charge in [0.15, 0.2) is 0 Å². The van der Waals surface area contributed by atoms with Crippen molar-refractivity contribution in [2.45, 2.75) is 108 Å². The third-order valence-corrected chi connectivity index (χ3v) is 15.1. The molecule has 0 bridgehead atoms. The molecule has 16 nitrogen and oxygen atoms in total. The second kappa shape index (κ2) is 27.1. The lowest BCUT2D eigenvalue weighted by Gasteiger charge is -2.40. The van der Waals surface area contributed by atoms with E-state index in [0.717, 1.165) is 41.1 Å². The molecule has 1 saturated heterocycles. The standard InChI is InChI=1S/C58H73Cl2N9O7/c1-65(2)36-53-62-34-51(67(53)4)40-21-26-46(27-22-40)76-52-32-44(60)25-20-41(52)35-69-50(17-12-28-61)56(72)64-48(37-75-6)58(74)66(3)45(30-39-18-23-43(59)24-19-39)33-54(70)63-47-15-10-11-16-49(47)68(5)57(73)42(31-55(69)71)29-38-13-8-7-9-14-38/h7-9,13-14,18-27,32,34,42,45,47-50H,10-12,15-17,28-31,33,35-37,61H2,1-6H3,(H,63,70)(H,64,72). The van der Waals surface area contributed by atoms with Gasteiger partial charge in [-0.3, -0.25) is 24.0 Å². The molecule has 1 aliphatic heterocycles. The van der Waals surface area contributed by atoms with E-state index in [1.807, 2.05) is 94.1 Å². The molecule has 76 heavy (non-hydrogen) atoms. The Morgan fingerprint density at radius 3 is 2.18 bits per heavy atom. The number of hydrogen-bond donors (Lipinski definition) is 3. The SMILES string of the molecule is COCC1NC(=O)C(CCCN)N(Cc2ccc(Cl)cc2Oc2ccc(-c3cnc(CN(C)C)n3C)cc2)C(=O)CC(Cc2ccccc2)C(=O)N(C)C2CCCCC2NC(=O)CC(Cc2ccc(Cl)cc2)N(C)C1=O. The largest absolute Gasteiger partial charge is 0.457 e. The maximum Gasteiger partial charge on any atom is 0.247 e. The van der Waals surface area contributed by atoms with Crippen molar-refractivity contribution < 1.29 is 33.4 Å². The summed E-state index contributed by atoms with van der Waals surface area (Å²) in [5, 5.41) is 7.15. The van der Waals surface area contributed by atoms with Gasteiger partial charge in [-0.1, -0.05) is 84.6 Å². The molecule has 4 N–H and O–H groups in total. The minimum atomic E-state index is -1.22. The zero-order valence-corrected chi connectivity index (χ0v) is 46.1. The fraction of sp³-hybridized carbons (Fsp3) is 0.448. The van der Waals surface area contributed by atoms with Crippen LogP contribution in [-0.4, -0.2) is 137 Å². The molecular weight excluding hydrogens is 1010 g/mol. The summed E-state index contributed by atoms with van der Waals surface area (Å²) in [5.41, 5.74) is 10.3. The van der Waals surface area contributed by atoms with Crippen molar-refractivity contribution in [3.8, 4) is 22.8 Å². The lowest BCUT2D eigenvalue weighted by Crippen LogP contribution is -2.59. The van der Waals surface area contributed by atoms with Crippen molar-refractivity contribution >= 4 is 52.7 Å². The number of hydrogen-bond acceptors (Lipinski definition) is 10. The Balaban J connectivity index is 1.30. The van der Waals surface area contributed by atoms with Crippen LogP contribution in [-0.2, 0) is 61.7 Å². The minimum Gasteiger partial charge on any atom is -0.457 e. The summed E-state index contributed by atoms with van der Waals surface area (Å²) >= 11 is 12.9. The number of aromatic nitrogens is 2. The molecule has 1 aromatic heterocycles. The smallest absolute Gasteiger partial charge is 0.247 e. The van der Waals surface area contributed by atoms with Crippen LogP contribution in [0.2, 0.25) is 10.0 Å². The van der Waals surface area contributed by atoms with Crippen molar-refractivity contribution in [1.29, 1.82) is 0 Å². The van der Waals surface area contributed by atoms with Crippen LogP contribution in [0.3, 0.4) is 0 Å². The second-order valence-corrected chi connectivity index (χ2v) is 21.3. The molecule has 6 atom stereocenters. The lowest BCUT2D eigenvalue weighted by atomic mass is 9.87. The molecule has 6 unspecified atom stereocenters. The highest BCUT2D eigenvalue weighted by Gasteiger charge is 2.40. The van der Waals surface area contributed by atoms with Crippen LogP contribution in [0.1, 0.15) is 73.9 Å². The van der Waals surface area contributed by atoms with Crippen LogP contribution in [0, 0.1) is 5.92 Å².